The van der Waals surface area contributed by atoms with Crippen molar-refractivity contribution in [1.29, 1.82) is 0 Å². The molecule has 7 heteroatoms. The zero-order valence-corrected chi connectivity index (χ0v) is 46.8. The highest BCUT2D eigenvalue weighted by molar-refractivity contribution is 5.42. The van der Waals surface area contributed by atoms with Crippen LogP contribution in [0.5, 0.6) is 0 Å². The van der Waals surface area contributed by atoms with Gasteiger partial charge in [-0.15, -0.1) is 0 Å². The van der Waals surface area contributed by atoms with Crippen molar-refractivity contribution in [1.82, 2.24) is 20.1 Å². The first kappa shape index (κ1) is 64.8. The lowest BCUT2D eigenvalue weighted by atomic mass is 9.65. The molecule has 4 aliphatic heterocycles. The number of fused-ring (bicyclic) bond motifs is 1. The van der Waals surface area contributed by atoms with Gasteiger partial charge in [-0.3, -0.25) is 4.90 Å². The summed E-state index contributed by atoms with van der Waals surface area (Å²) in [6, 6.07) is 8.77. The molecule has 0 spiro atoms. The summed E-state index contributed by atoms with van der Waals surface area (Å²) in [5, 5.41) is 35.0. The summed E-state index contributed by atoms with van der Waals surface area (Å²) >= 11 is 0. The van der Waals surface area contributed by atoms with Crippen molar-refractivity contribution in [3.05, 3.63) is 47.0 Å². The fraction of sp³-hybridized carbons (Fsp3) is 0.860. The van der Waals surface area contributed by atoms with E-state index < -0.39 is 0 Å². The van der Waals surface area contributed by atoms with Gasteiger partial charge in [0, 0.05) is 33.2 Å². The molecule has 0 aliphatic carbocycles. The van der Waals surface area contributed by atoms with Crippen molar-refractivity contribution in [2.75, 3.05) is 7.05 Å². The van der Waals surface area contributed by atoms with Crippen molar-refractivity contribution in [3.8, 4) is 0 Å². The van der Waals surface area contributed by atoms with Crippen LogP contribution < -0.4 is 0 Å². The molecule has 0 amide bonds. The first-order chi connectivity index (χ1) is 26.8. The van der Waals surface area contributed by atoms with Crippen LogP contribution in [0.3, 0.4) is 0 Å². The number of nitrogens with zero attached hydrogens (tertiary/aromatic N) is 4. The largest absolute Gasteiger partial charge is 0.313 e. The zero-order valence-electron chi connectivity index (χ0n) is 46.8. The molecule has 3 N–H and O–H groups in total. The Morgan fingerprint density at radius 2 is 0.812 bits per heavy atom. The normalized spacial score (nSPS) is 25.5. The smallest absolute Gasteiger partial charge is 0.0628 e. The fourth-order valence-corrected chi connectivity index (χ4v) is 11.2. The molecule has 0 radical (unpaired) electrons. The number of hydrogen-bond acceptors (Lipinski definition) is 7. The second kappa shape index (κ2) is 20.3. The molecule has 380 valence electrons. The molecule has 1 unspecified atom stereocenters. The maximum Gasteiger partial charge on any atom is 0.0628 e. The lowest BCUT2D eigenvalue weighted by Gasteiger charge is -2.54. The molecule has 7 nitrogen and oxygen atoms in total. The summed E-state index contributed by atoms with van der Waals surface area (Å²) in [5.74, 6) is 1.20. The molecular weight excluding hydrogens is 789 g/mol. The molecule has 4 aliphatic rings. The molecular formula is C57H114N4O3. The Bertz CT molecular complexity index is 1590. The molecule has 64 heavy (non-hydrogen) atoms. The van der Waals surface area contributed by atoms with Gasteiger partial charge in [0.25, 0.3) is 0 Å². The Kier molecular flexibility index (Phi) is 20.6. The van der Waals surface area contributed by atoms with Crippen LogP contribution in [0.4, 0.5) is 0 Å². The van der Waals surface area contributed by atoms with Gasteiger partial charge < -0.3 is 15.6 Å². The highest BCUT2D eigenvalue weighted by Crippen LogP contribution is 2.52. The Labute approximate surface area is 401 Å². The summed E-state index contributed by atoms with van der Waals surface area (Å²) < 4.78 is 0. The highest BCUT2D eigenvalue weighted by Gasteiger charge is 2.55. The van der Waals surface area contributed by atoms with E-state index in [9.17, 15) is 15.6 Å². The number of hydrogen-bond donors (Lipinski definition) is 3. The van der Waals surface area contributed by atoms with Gasteiger partial charge in [0.2, 0.25) is 0 Å². The minimum atomic E-state index is -0.262. The predicted octanol–water partition coefficient (Wildman–Crippen LogP) is 16.6. The zero-order chi connectivity index (χ0) is 49.9. The van der Waals surface area contributed by atoms with Crippen LogP contribution in [0.2, 0.25) is 0 Å². The van der Waals surface area contributed by atoms with E-state index in [-0.39, 0.29) is 70.0 Å². The predicted molar refractivity (Wildman–Crippen MR) is 281 cm³/mol. The number of benzene rings is 1. The quantitative estimate of drug-likeness (QED) is 0.224. The molecule has 2 fully saturated rings. The van der Waals surface area contributed by atoms with Crippen LogP contribution in [-0.4, -0.2) is 76.0 Å². The van der Waals surface area contributed by atoms with Gasteiger partial charge in [-0.1, -0.05) is 135 Å². The van der Waals surface area contributed by atoms with Crippen LogP contribution >= 0.6 is 0 Å². The van der Waals surface area contributed by atoms with Gasteiger partial charge in [0.15, 0.2) is 0 Å². The number of rotatable bonds is 0. The monoisotopic (exact) mass is 903 g/mol. The lowest BCUT2D eigenvalue weighted by Crippen LogP contribution is -2.60. The average molecular weight is 904 g/mol. The van der Waals surface area contributed by atoms with Gasteiger partial charge in [-0.2, -0.15) is 15.2 Å². The number of piperidine rings is 1. The first-order valence-electron chi connectivity index (χ1n) is 23.9. The van der Waals surface area contributed by atoms with Crippen LogP contribution in [0.15, 0.2) is 35.9 Å². The third-order valence-corrected chi connectivity index (χ3v) is 14.5. The van der Waals surface area contributed by atoms with Gasteiger partial charge in [-0.05, 0) is 187 Å². The minimum absolute atomic E-state index is 0. The fourth-order valence-electron chi connectivity index (χ4n) is 11.2. The molecule has 1 atom stereocenters. The van der Waals surface area contributed by atoms with Crippen LogP contribution in [0.1, 0.15) is 246 Å². The average Bonchev–Trinajstić information content (AvgIpc) is 3.40. The van der Waals surface area contributed by atoms with Crippen molar-refractivity contribution in [3.63, 3.8) is 0 Å². The molecule has 2 saturated heterocycles. The van der Waals surface area contributed by atoms with E-state index in [1.165, 1.54) is 21.8 Å². The SMILES string of the molecule is C.C.CC(C)(C)C.CC(C)(C)C1=CC(C)(C)N(O)C1(C)C.CC(C)(C)C1CC(C)(C)N(O)C(C)(C)C1.CC(C)(C)C1CC(C)(C)N(O)C1(C)C.CN1C(C)(C)c2ccccc2C1(C)C. The van der Waals surface area contributed by atoms with E-state index in [0.29, 0.717) is 22.7 Å². The van der Waals surface area contributed by atoms with E-state index in [1.807, 2.05) is 13.8 Å². The summed E-state index contributed by atoms with van der Waals surface area (Å²) in [6.45, 7) is 63.4. The maximum atomic E-state index is 10.2. The first-order valence-corrected chi connectivity index (χ1v) is 23.9. The minimum Gasteiger partial charge on any atom is -0.313 e. The van der Waals surface area contributed by atoms with Gasteiger partial charge in [-0.25, -0.2) is 0 Å². The van der Waals surface area contributed by atoms with Crippen LogP contribution in [0, 0.1) is 33.5 Å². The third-order valence-electron chi connectivity index (χ3n) is 14.5. The van der Waals surface area contributed by atoms with Gasteiger partial charge >= 0.3 is 0 Å². The molecule has 0 bridgehead atoms. The molecule has 5 rings (SSSR count). The maximum absolute atomic E-state index is 10.2. The highest BCUT2D eigenvalue weighted by atomic mass is 16.5. The van der Waals surface area contributed by atoms with E-state index >= 15 is 0 Å². The molecule has 0 saturated carbocycles. The van der Waals surface area contributed by atoms with Crippen LogP contribution in [-0.2, 0) is 11.1 Å². The van der Waals surface area contributed by atoms with Crippen molar-refractivity contribution in [2.45, 2.75) is 279 Å². The van der Waals surface area contributed by atoms with E-state index in [0.717, 1.165) is 19.3 Å². The molecule has 4 heterocycles. The van der Waals surface area contributed by atoms with Gasteiger partial charge in [0.05, 0.1) is 11.1 Å². The topological polar surface area (TPSA) is 73.6 Å². The molecule has 1 aromatic carbocycles. The Morgan fingerprint density at radius 1 is 0.484 bits per heavy atom. The third kappa shape index (κ3) is 15.1. The van der Waals surface area contributed by atoms with Crippen molar-refractivity contribution < 1.29 is 15.6 Å². The molecule has 0 aromatic heterocycles. The number of hydroxylamine groups is 6. The summed E-state index contributed by atoms with van der Waals surface area (Å²) in [4.78, 5) is 2.45. The second-order valence-electron chi connectivity index (χ2n) is 28.9. The van der Waals surface area contributed by atoms with E-state index in [2.05, 4.69) is 229 Å². The lowest BCUT2D eigenvalue weighted by molar-refractivity contribution is -0.257. The summed E-state index contributed by atoms with van der Waals surface area (Å²) in [5.41, 5.74) is 4.76. The van der Waals surface area contributed by atoms with Crippen molar-refractivity contribution >= 4 is 0 Å². The van der Waals surface area contributed by atoms with Gasteiger partial charge in [0.1, 0.15) is 0 Å². The summed E-state index contributed by atoms with van der Waals surface area (Å²) in [6.07, 6.45) is 5.37. The Hall–Kier alpha value is -1.32. The molecule has 1 aromatic rings. The van der Waals surface area contributed by atoms with Crippen molar-refractivity contribution in [2.24, 2.45) is 33.5 Å². The van der Waals surface area contributed by atoms with E-state index in [4.69, 9.17) is 0 Å². The Morgan fingerprint density at radius 3 is 1.02 bits per heavy atom. The standard InChI is InChI=1S/C13H27NO.C13H19N.C12H25NO.C12H23NO.C5H12.2CH4/c1-11(2,3)10-8-12(4,5)14(15)13(6,7)9-10;1-12(2)10-8-6-7-9-11(10)13(3,4)14(12)5;2*1-10(2,3)9-8-11(4,5)13(14)12(9,6)7;1-5(2,3)4;;/h10,15H,8-9H2,1-7H3;6-9H,1-5H3;9,14H,8H2,1-7H3;8,14H,1-7H3;1-4H3;2*1H4. The second-order valence-corrected chi connectivity index (χ2v) is 28.9. The Balaban J connectivity index is 0. The summed E-state index contributed by atoms with van der Waals surface area (Å²) in [7, 11) is 2.21. The van der Waals surface area contributed by atoms with Crippen LogP contribution in [0.25, 0.3) is 0 Å². The van der Waals surface area contributed by atoms with E-state index in [1.54, 1.807) is 10.1 Å².